The largest absolute Gasteiger partial charge is 0.412 e. The Labute approximate surface area is 43.9 Å². The third-order valence-corrected chi connectivity index (χ3v) is 0.906. The second-order valence-corrected chi connectivity index (χ2v) is 1.64. The Bertz CT molecular complexity index is 39.2. The van der Waals surface area contributed by atoms with Gasteiger partial charge in [0.05, 0.1) is 0 Å². The first kappa shape index (κ1) is 10.1. The van der Waals surface area contributed by atoms with Gasteiger partial charge in [0.15, 0.2) is 8.46 Å². The van der Waals surface area contributed by atoms with Crippen molar-refractivity contribution in [1.82, 2.24) is 0 Å². The average Bonchev–Trinajstić information content (AvgIpc) is 1.61. The summed E-state index contributed by atoms with van der Waals surface area (Å²) in [6, 6.07) is 0. The maximum Gasteiger partial charge on any atom is 0.155 e. The minimum Gasteiger partial charge on any atom is -0.412 e. The molecule has 0 saturated heterocycles. The Balaban J connectivity index is 0. The van der Waals surface area contributed by atoms with Gasteiger partial charge in [0, 0.05) is 12.8 Å². The Kier molecular flexibility index (Phi) is 13.5. The molecule has 0 atom stereocenters. The van der Waals surface area contributed by atoms with Crippen LogP contribution >= 0.6 is 8.46 Å². The molecule has 0 aromatic carbocycles. The van der Waals surface area contributed by atoms with E-state index in [9.17, 15) is 4.57 Å². The molecule has 0 radical (unpaired) electrons. The van der Waals surface area contributed by atoms with E-state index < -0.39 is 0 Å². The number of hydrogen-bond acceptors (Lipinski definition) is 2. The molecule has 0 bridgehead atoms. The lowest BCUT2D eigenvalue weighted by Crippen LogP contribution is -1.79. The maximum atomic E-state index is 9.55. The summed E-state index contributed by atoms with van der Waals surface area (Å²) in [4.78, 5) is 0. The Morgan fingerprint density at radius 2 is 2.14 bits per heavy atom. The highest BCUT2D eigenvalue weighted by Gasteiger charge is 1.77. The summed E-state index contributed by atoms with van der Waals surface area (Å²) in [7, 11) is 0.135. The highest BCUT2D eigenvalue weighted by Crippen LogP contribution is 1.91. The molecular weight excluding hydrogens is 115 g/mol. The molecule has 7 heavy (non-hydrogen) atoms. The van der Waals surface area contributed by atoms with Crippen LogP contribution in [0, 0.1) is 0 Å². The molecule has 3 nitrogen and oxygen atoms in total. The van der Waals surface area contributed by atoms with E-state index in [1.807, 2.05) is 0 Å². The monoisotopic (exact) mass is 124 g/mol. The van der Waals surface area contributed by atoms with Gasteiger partial charge in [0.1, 0.15) is 0 Å². The summed E-state index contributed by atoms with van der Waals surface area (Å²) >= 11 is 0. The van der Waals surface area contributed by atoms with Gasteiger partial charge in [-0.25, -0.2) is 0 Å². The normalized spacial score (nSPS) is 8.14. The SMILES string of the molecule is O.O=PCCCO. The highest BCUT2D eigenvalue weighted by atomic mass is 31.1. The molecule has 0 spiro atoms. The molecule has 0 saturated carbocycles. The minimum absolute atomic E-state index is 0. The van der Waals surface area contributed by atoms with Gasteiger partial charge in [0.2, 0.25) is 0 Å². The maximum absolute atomic E-state index is 9.55. The molecule has 0 fully saturated rings. The summed E-state index contributed by atoms with van der Waals surface area (Å²) in [6.07, 6.45) is 1.22. The number of aliphatic hydroxyl groups is 1. The zero-order valence-electron chi connectivity index (χ0n) is 3.92. The molecule has 0 unspecified atom stereocenters. The van der Waals surface area contributed by atoms with E-state index in [0.717, 1.165) is 0 Å². The van der Waals surface area contributed by atoms with Crippen molar-refractivity contribution >= 4 is 8.46 Å². The Morgan fingerprint density at radius 3 is 2.29 bits per heavy atom. The van der Waals surface area contributed by atoms with Crippen LogP contribution in [0.2, 0.25) is 0 Å². The lowest BCUT2D eigenvalue weighted by molar-refractivity contribution is 0.296. The van der Waals surface area contributed by atoms with Crippen LogP contribution in [-0.4, -0.2) is 23.4 Å². The lowest BCUT2D eigenvalue weighted by atomic mass is 10.5. The van der Waals surface area contributed by atoms with Gasteiger partial charge in [-0.15, -0.1) is 0 Å². The predicted octanol–water partition coefficient (Wildman–Crippen LogP) is -0.164. The van der Waals surface area contributed by atoms with Crippen molar-refractivity contribution in [1.29, 1.82) is 0 Å². The topological polar surface area (TPSA) is 68.8 Å². The smallest absolute Gasteiger partial charge is 0.155 e. The van der Waals surface area contributed by atoms with Crippen LogP contribution in [0.25, 0.3) is 0 Å². The molecular formula is C3H9O3P. The molecule has 0 aliphatic heterocycles. The van der Waals surface area contributed by atoms with Crippen LogP contribution in [0.15, 0.2) is 0 Å². The van der Waals surface area contributed by atoms with Crippen molar-refractivity contribution < 1.29 is 15.1 Å². The van der Waals surface area contributed by atoms with E-state index in [4.69, 9.17) is 5.11 Å². The van der Waals surface area contributed by atoms with Crippen molar-refractivity contribution in [3.63, 3.8) is 0 Å². The second kappa shape index (κ2) is 9.39. The number of rotatable bonds is 3. The quantitative estimate of drug-likeness (QED) is 0.419. The first-order valence-electron chi connectivity index (χ1n) is 1.82. The van der Waals surface area contributed by atoms with Gasteiger partial charge in [-0.2, -0.15) is 0 Å². The van der Waals surface area contributed by atoms with E-state index in [1.165, 1.54) is 0 Å². The minimum atomic E-state index is 0. The van der Waals surface area contributed by atoms with Crippen LogP contribution in [0.4, 0.5) is 0 Å². The lowest BCUT2D eigenvalue weighted by Gasteiger charge is -1.78. The molecule has 0 amide bonds. The summed E-state index contributed by atoms with van der Waals surface area (Å²) in [6.45, 7) is 0.148. The fourth-order valence-corrected chi connectivity index (χ4v) is 0.406. The van der Waals surface area contributed by atoms with Gasteiger partial charge in [-0.1, -0.05) is 0 Å². The molecule has 0 aliphatic rings. The van der Waals surface area contributed by atoms with E-state index in [1.54, 1.807) is 0 Å². The molecule has 4 heteroatoms. The molecule has 44 valence electrons. The summed E-state index contributed by atoms with van der Waals surface area (Å²) in [5.41, 5.74) is 0. The van der Waals surface area contributed by atoms with Crippen molar-refractivity contribution in [2.24, 2.45) is 0 Å². The molecule has 0 heterocycles. The molecule has 0 aliphatic carbocycles. The Morgan fingerprint density at radius 1 is 1.57 bits per heavy atom. The fourth-order valence-electron chi connectivity index (χ4n) is 0.135. The van der Waals surface area contributed by atoms with Crippen molar-refractivity contribution in [2.45, 2.75) is 6.42 Å². The van der Waals surface area contributed by atoms with E-state index in [2.05, 4.69) is 0 Å². The summed E-state index contributed by atoms with van der Waals surface area (Å²) < 4.78 is 9.55. The highest BCUT2D eigenvalue weighted by molar-refractivity contribution is 7.23. The van der Waals surface area contributed by atoms with Gasteiger partial charge < -0.3 is 10.6 Å². The van der Waals surface area contributed by atoms with Crippen LogP contribution in [0.3, 0.4) is 0 Å². The van der Waals surface area contributed by atoms with Crippen LogP contribution < -0.4 is 0 Å². The third-order valence-electron chi connectivity index (χ3n) is 0.408. The van der Waals surface area contributed by atoms with Crippen molar-refractivity contribution in [3.05, 3.63) is 0 Å². The van der Waals surface area contributed by atoms with Crippen molar-refractivity contribution in [2.75, 3.05) is 12.8 Å². The fraction of sp³-hybridized carbons (Fsp3) is 1.00. The van der Waals surface area contributed by atoms with E-state index in [-0.39, 0.29) is 20.5 Å². The standard InChI is InChI=1S/C3H7O2P.H2O/c4-2-1-3-6-5;/h4H,1-3H2;1H2. The molecule has 0 aromatic rings. The van der Waals surface area contributed by atoms with Crippen LogP contribution in [-0.2, 0) is 4.57 Å². The zero-order valence-corrected chi connectivity index (χ0v) is 4.82. The molecule has 0 rings (SSSR count). The summed E-state index contributed by atoms with van der Waals surface area (Å²) in [5, 5.41) is 8.05. The van der Waals surface area contributed by atoms with Crippen molar-refractivity contribution in [3.8, 4) is 0 Å². The van der Waals surface area contributed by atoms with Gasteiger partial charge in [-0.3, -0.25) is 4.57 Å². The first-order chi connectivity index (χ1) is 2.91. The van der Waals surface area contributed by atoms with Gasteiger partial charge in [0.25, 0.3) is 0 Å². The average molecular weight is 124 g/mol. The van der Waals surface area contributed by atoms with Crippen LogP contribution in [0.5, 0.6) is 0 Å². The first-order valence-corrected chi connectivity index (χ1v) is 2.81. The molecule has 0 aromatic heterocycles. The third kappa shape index (κ3) is 10.7. The van der Waals surface area contributed by atoms with Crippen LogP contribution in [0.1, 0.15) is 6.42 Å². The predicted molar refractivity (Wildman–Crippen MR) is 27.8 cm³/mol. The second-order valence-electron chi connectivity index (χ2n) is 0.930. The zero-order chi connectivity index (χ0) is 4.83. The van der Waals surface area contributed by atoms with E-state index >= 15 is 0 Å². The number of hydrogen-bond donors (Lipinski definition) is 1. The summed E-state index contributed by atoms with van der Waals surface area (Å²) in [5.74, 6) is 0. The van der Waals surface area contributed by atoms with Gasteiger partial charge >= 0.3 is 0 Å². The van der Waals surface area contributed by atoms with Gasteiger partial charge in [-0.05, 0) is 6.42 Å². The number of aliphatic hydroxyl groups excluding tert-OH is 1. The molecule has 3 N–H and O–H groups in total. The Hall–Kier alpha value is 0.0200. The van der Waals surface area contributed by atoms with E-state index in [0.29, 0.717) is 12.6 Å².